The van der Waals surface area contributed by atoms with Crippen LogP contribution in [0.2, 0.25) is 0 Å². The first-order valence-corrected chi connectivity index (χ1v) is 3.67. The van der Waals surface area contributed by atoms with Gasteiger partial charge >= 0.3 is 5.97 Å². The highest BCUT2D eigenvalue weighted by Gasteiger charge is 2.19. The molecule has 1 atom stereocenters. The minimum Gasteiger partial charge on any atom is -0.481 e. The maximum atomic E-state index is 10.7. The molecule has 0 radical (unpaired) electrons. The first kappa shape index (κ1) is 8.73. The Morgan fingerprint density at radius 2 is 2.58 bits per heavy atom. The molecule has 0 fully saturated rings. The van der Waals surface area contributed by atoms with Crippen molar-refractivity contribution < 1.29 is 9.90 Å². The normalized spacial score (nSPS) is 12.8. The van der Waals surface area contributed by atoms with Gasteiger partial charge in [-0.25, -0.2) is 4.98 Å². The number of aromatic nitrogens is 2. The van der Waals surface area contributed by atoms with E-state index in [4.69, 9.17) is 10.8 Å². The molecule has 5 heteroatoms. The van der Waals surface area contributed by atoms with Crippen molar-refractivity contribution in [2.24, 2.45) is 5.73 Å². The average Bonchev–Trinajstić information content (AvgIpc) is 2.51. The second-order valence-electron chi connectivity index (χ2n) is 2.48. The molecule has 0 aliphatic carbocycles. The van der Waals surface area contributed by atoms with E-state index in [2.05, 4.69) is 9.97 Å². The van der Waals surface area contributed by atoms with Gasteiger partial charge in [-0.2, -0.15) is 0 Å². The topological polar surface area (TPSA) is 92.0 Å². The van der Waals surface area contributed by atoms with Crippen molar-refractivity contribution in [2.45, 2.75) is 12.3 Å². The van der Waals surface area contributed by atoms with Gasteiger partial charge in [-0.1, -0.05) is 0 Å². The van der Waals surface area contributed by atoms with Crippen molar-refractivity contribution in [3.63, 3.8) is 0 Å². The van der Waals surface area contributed by atoms with Crippen molar-refractivity contribution in [3.05, 3.63) is 18.2 Å². The Balaban J connectivity index is 2.73. The van der Waals surface area contributed by atoms with E-state index in [1.165, 1.54) is 12.5 Å². The smallest absolute Gasteiger partial charge is 0.312 e. The molecular weight excluding hydrogens is 158 g/mol. The highest BCUT2D eigenvalue weighted by molar-refractivity contribution is 5.75. The van der Waals surface area contributed by atoms with Crippen LogP contribution in [-0.2, 0) is 4.79 Å². The van der Waals surface area contributed by atoms with Crippen LogP contribution in [0.3, 0.4) is 0 Å². The maximum absolute atomic E-state index is 10.7. The van der Waals surface area contributed by atoms with E-state index in [-0.39, 0.29) is 0 Å². The fourth-order valence-electron chi connectivity index (χ4n) is 1.04. The highest BCUT2D eigenvalue weighted by Crippen LogP contribution is 2.15. The third-order valence-electron chi connectivity index (χ3n) is 1.65. The van der Waals surface area contributed by atoms with Crippen LogP contribution in [0.5, 0.6) is 0 Å². The minimum absolute atomic E-state index is 0.357. The van der Waals surface area contributed by atoms with Gasteiger partial charge in [-0.3, -0.25) is 4.79 Å². The largest absolute Gasteiger partial charge is 0.481 e. The number of nitrogens with zero attached hydrogens (tertiary/aromatic N) is 1. The predicted octanol–water partition coefficient (Wildman–Crippen LogP) is -0.0733. The quantitative estimate of drug-likeness (QED) is 0.588. The monoisotopic (exact) mass is 169 g/mol. The molecule has 0 aliphatic rings. The Bertz CT molecular complexity index is 245. The van der Waals surface area contributed by atoms with Crippen molar-refractivity contribution in [1.29, 1.82) is 0 Å². The van der Waals surface area contributed by atoms with Gasteiger partial charge in [-0.15, -0.1) is 0 Å². The molecule has 12 heavy (non-hydrogen) atoms. The van der Waals surface area contributed by atoms with E-state index in [0.29, 0.717) is 18.7 Å². The van der Waals surface area contributed by atoms with E-state index < -0.39 is 11.9 Å². The number of imidazole rings is 1. The molecule has 1 unspecified atom stereocenters. The fourth-order valence-corrected chi connectivity index (χ4v) is 1.04. The molecule has 5 nitrogen and oxygen atoms in total. The Morgan fingerprint density at radius 3 is 3.00 bits per heavy atom. The molecule has 1 rings (SSSR count). The SMILES string of the molecule is NCCC(C(=O)O)c1cnc[nH]1. The van der Waals surface area contributed by atoms with Crippen LogP contribution in [0.4, 0.5) is 0 Å². The number of hydrogen-bond acceptors (Lipinski definition) is 3. The standard InChI is InChI=1S/C7H11N3O2/c8-2-1-5(7(11)12)6-3-9-4-10-6/h3-5H,1-2,8H2,(H,9,10)(H,11,12). The molecular formula is C7H11N3O2. The lowest BCUT2D eigenvalue weighted by molar-refractivity contribution is -0.139. The summed E-state index contributed by atoms with van der Waals surface area (Å²) in [5.74, 6) is -1.43. The average molecular weight is 169 g/mol. The summed E-state index contributed by atoms with van der Waals surface area (Å²) in [6.07, 6.45) is 3.40. The molecule has 0 saturated heterocycles. The van der Waals surface area contributed by atoms with Crippen LogP contribution >= 0.6 is 0 Å². The number of carboxylic acid groups (broad SMARTS) is 1. The number of carbonyl (C=O) groups is 1. The Hall–Kier alpha value is -1.36. The molecule has 66 valence electrons. The Labute approximate surface area is 69.6 Å². The fraction of sp³-hybridized carbons (Fsp3) is 0.429. The zero-order chi connectivity index (χ0) is 8.97. The van der Waals surface area contributed by atoms with Gasteiger partial charge < -0.3 is 15.8 Å². The maximum Gasteiger partial charge on any atom is 0.312 e. The zero-order valence-electron chi connectivity index (χ0n) is 6.53. The van der Waals surface area contributed by atoms with Gasteiger partial charge in [0.15, 0.2) is 0 Å². The van der Waals surface area contributed by atoms with Crippen LogP contribution in [-0.4, -0.2) is 27.6 Å². The van der Waals surface area contributed by atoms with Crippen molar-refractivity contribution in [3.8, 4) is 0 Å². The predicted molar refractivity (Wildman–Crippen MR) is 42.6 cm³/mol. The van der Waals surface area contributed by atoms with E-state index in [0.717, 1.165) is 0 Å². The molecule has 1 aromatic rings. The summed E-state index contributed by atoms with van der Waals surface area (Å²) in [7, 11) is 0. The zero-order valence-corrected chi connectivity index (χ0v) is 6.53. The van der Waals surface area contributed by atoms with Crippen molar-refractivity contribution >= 4 is 5.97 Å². The summed E-state index contributed by atoms with van der Waals surface area (Å²) >= 11 is 0. The number of nitrogens with two attached hydrogens (primary N) is 1. The van der Waals surface area contributed by atoms with Crippen molar-refractivity contribution in [1.82, 2.24) is 9.97 Å². The van der Waals surface area contributed by atoms with Crippen LogP contribution in [0, 0.1) is 0 Å². The molecule has 0 bridgehead atoms. The van der Waals surface area contributed by atoms with Gasteiger partial charge in [-0.05, 0) is 13.0 Å². The molecule has 0 aromatic carbocycles. The first-order chi connectivity index (χ1) is 5.75. The Morgan fingerprint density at radius 1 is 1.83 bits per heavy atom. The molecule has 0 aliphatic heterocycles. The van der Waals surface area contributed by atoms with Gasteiger partial charge in [0.25, 0.3) is 0 Å². The van der Waals surface area contributed by atoms with E-state index >= 15 is 0 Å². The van der Waals surface area contributed by atoms with Gasteiger partial charge in [0.1, 0.15) is 0 Å². The molecule has 0 amide bonds. The van der Waals surface area contributed by atoms with Crippen LogP contribution in [0.15, 0.2) is 12.5 Å². The molecule has 1 aromatic heterocycles. The van der Waals surface area contributed by atoms with Crippen LogP contribution < -0.4 is 5.73 Å². The third kappa shape index (κ3) is 1.82. The highest BCUT2D eigenvalue weighted by atomic mass is 16.4. The molecule has 0 spiro atoms. The molecule has 1 heterocycles. The summed E-state index contributed by atoms with van der Waals surface area (Å²) in [6.45, 7) is 0.357. The van der Waals surface area contributed by atoms with Gasteiger partial charge in [0, 0.05) is 11.9 Å². The second kappa shape index (κ2) is 3.87. The lowest BCUT2D eigenvalue weighted by Crippen LogP contribution is -2.16. The van der Waals surface area contributed by atoms with Gasteiger partial charge in [0.2, 0.25) is 0 Å². The summed E-state index contributed by atoms with van der Waals surface area (Å²) in [6, 6.07) is 0. The molecule has 0 saturated carbocycles. The number of carboxylic acids is 1. The second-order valence-corrected chi connectivity index (χ2v) is 2.48. The molecule has 4 N–H and O–H groups in total. The summed E-state index contributed by atoms with van der Waals surface area (Å²) in [5.41, 5.74) is 5.88. The van der Waals surface area contributed by atoms with Crippen LogP contribution in [0.25, 0.3) is 0 Å². The van der Waals surface area contributed by atoms with Gasteiger partial charge in [0.05, 0.1) is 12.2 Å². The Kier molecular flexibility index (Phi) is 2.82. The summed E-state index contributed by atoms with van der Waals surface area (Å²) < 4.78 is 0. The number of aromatic amines is 1. The number of rotatable bonds is 4. The summed E-state index contributed by atoms with van der Waals surface area (Å²) in [4.78, 5) is 17.2. The van der Waals surface area contributed by atoms with Crippen molar-refractivity contribution in [2.75, 3.05) is 6.54 Å². The number of aliphatic carboxylic acids is 1. The number of H-pyrrole nitrogens is 1. The van der Waals surface area contributed by atoms with E-state index in [1.807, 2.05) is 0 Å². The first-order valence-electron chi connectivity index (χ1n) is 3.67. The summed E-state index contributed by atoms with van der Waals surface area (Å²) in [5, 5.41) is 8.77. The lowest BCUT2D eigenvalue weighted by atomic mass is 10.0. The number of nitrogens with one attached hydrogen (secondary N) is 1. The lowest BCUT2D eigenvalue weighted by Gasteiger charge is -2.07. The van der Waals surface area contributed by atoms with Crippen LogP contribution in [0.1, 0.15) is 18.0 Å². The van der Waals surface area contributed by atoms with E-state index in [1.54, 1.807) is 0 Å². The minimum atomic E-state index is -0.871. The van der Waals surface area contributed by atoms with E-state index in [9.17, 15) is 4.79 Å². The number of hydrogen-bond donors (Lipinski definition) is 3. The third-order valence-corrected chi connectivity index (χ3v) is 1.65.